The maximum Gasteiger partial charge on any atom is 0.694 e. The first kappa shape index (κ1) is 72.8. The van der Waals surface area contributed by atoms with Crippen molar-refractivity contribution in [3.8, 4) is 0 Å². The standard InChI is InChI=1S/C45H55BrN11O34P5/c46-20-14-57(45(67)52-40(20)62)39-13-25(91-96(76,77)81-17-28-23(11-36(85-28)53-5-1-31(47)48-41(53)63)89-93(70,71)79-16-26-21(58)9-35(83-26)54-6-2-32(59)49-42(54)64)30(87-39)19-82-95(74,75)90-24-12-38(56-8-4-34(61)51-44(56)66)86-29(24)18-80-94(72,73)88-22-10-37(84-27(22)15-78-92(68)69)55-7-3-33(60)50-43(55)65/h1-8,14,21-30,35-39,58H,9-13,15-19H2,(H10-,47,48,49,50,51,52,59,60,61,62,63,64,65,66,67,68,69,70,71,72,73,74,75,76,77)/p+1/t21-,22-,23-,24-,25-,26+,27+,28+,29+,30+,35+,36+,37+,38+,39+/m0/s1. The number of nitrogens with one attached hydrogen (secondary N) is 4. The highest BCUT2D eigenvalue weighted by atomic mass is 79.9. The average molecular weight is 1530 g/mol. The van der Waals surface area contributed by atoms with Gasteiger partial charge in [-0.2, -0.15) is 4.98 Å². The van der Waals surface area contributed by atoms with Crippen molar-refractivity contribution < 1.29 is 117 Å². The van der Waals surface area contributed by atoms with Gasteiger partial charge in [0.15, 0.2) is 0 Å². The maximum atomic E-state index is 14.0. The van der Waals surface area contributed by atoms with E-state index in [0.717, 1.165) is 72.0 Å². The van der Waals surface area contributed by atoms with Crippen LogP contribution in [0.2, 0.25) is 0 Å². The van der Waals surface area contributed by atoms with E-state index in [9.17, 15) is 95.5 Å². The Morgan fingerprint density at radius 2 is 0.823 bits per heavy atom. The normalized spacial score (nSPS) is 30.2. The Kier molecular flexibility index (Phi) is 22.7. The summed E-state index contributed by atoms with van der Waals surface area (Å²) in [5, 5.41) is 10.7. The molecule has 5 aromatic rings. The second-order valence-electron chi connectivity index (χ2n) is 21.3. The maximum absolute atomic E-state index is 14.0. The second-order valence-corrected chi connectivity index (χ2v) is 28.5. The number of aliphatic hydroxyl groups is 1. The topological polar surface area (TPSA) is 616 Å². The fraction of sp³-hybridized carbons (Fsp3) is 0.556. The predicted octanol–water partition coefficient (Wildman–Crippen LogP) is -2.74. The Labute approximate surface area is 540 Å². The number of aliphatic hydroxyl groups excluding tert-OH is 1. The number of nitrogens with zero attached hydrogens (tertiary/aromatic N) is 6. The number of H-pyrrole nitrogens is 4. The number of aromatic amines is 4. The highest BCUT2D eigenvalue weighted by Crippen LogP contribution is 2.55. The van der Waals surface area contributed by atoms with Crippen molar-refractivity contribution in [2.24, 2.45) is 0 Å². The van der Waals surface area contributed by atoms with Gasteiger partial charge in [-0.25, -0.2) is 42.2 Å². The number of nitrogen functional groups attached to an aromatic ring is 1. The SMILES string of the molecule is Nc1ccn([C@H]2C[C@H](OP(=O)(O)OC[C@H]3O[C@@H](n4ccc(=O)[nH]c4=O)C[C@@H]3O)[C@@H](COP(=O)(O)O[C@H]3C[C@H](n4cc(Br)c(=O)[nH]c4=O)O[C@@H]3COP(=O)(O)O[C@H]3C[C@H](n4ccc(=O)[nH]c4=O)O[C@@H]3COP(=O)(O)O[C@H]3C[C@H](n4ccc(=O)[nH]c4=O)O[C@@H]3CO[P+](=O)O)O2)c(=O)n1. The molecule has 10 rings (SSSR count). The van der Waals surface area contributed by atoms with Crippen molar-refractivity contribution in [1.29, 1.82) is 0 Å². The summed E-state index contributed by atoms with van der Waals surface area (Å²) < 4.78 is 147. The molecule has 526 valence electrons. The van der Waals surface area contributed by atoms with Crippen LogP contribution in [-0.4, -0.2) is 171 Å². The molecule has 5 aromatic heterocycles. The molecule has 5 aliphatic heterocycles. The van der Waals surface area contributed by atoms with Crippen LogP contribution in [0, 0.1) is 0 Å². The van der Waals surface area contributed by atoms with E-state index in [1.54, 1.807) is 0 Å². The van der Waals surface area contributed by atoms with Crippen LogP contribution in [0.5, 0.6) is 0 Å². The monoisotopic (exact) mass is 1530 g/mol. The van der Waals surface area contributed by atoms with E-state index in [-0.39, 0.29) is 16.7 Å². The molecule has 51 heteroatoms. The van der Waals surface area contributed by atoms with E-state index < -0.39 is 241 Å². The van der Waals surface area contributed by atoms with Gasteiger partial charge in [0.05, 0.1) is 37.0 Å². The van der Waals surface area contributed by atoms with Gasteiger partial charge < -0.3 is 54.1 Å². The average Bonchev–Trinajstić information content (AvgIpc) is 1.67. The summed E-state index contributed by atoms with van der Waals surface area (Å²) in [7, 11) is -25.1. The summed E-state index contributed by atoms with van der Waals surface area (Å²) in [6, 6.07) is 4.06. The van der Waals surface area contributed by atoms with Gasteiger partial charge in [0.1, 0.15) is 98.5 Å². The Morgan fingerprint density at radius 1 is 0.500 bits per heavy atom. The molecule has 5 saturated heterocycles. The molecule has 0 aromatic carbocycles. The van der Waals surface area contributed by atoms with Crippen LogP contribution in [0.1, 0.15) is 63.2 Å². The van der Waals surface area contributed by atoms with Gasteiger partial charge in [-0.05, 0) is 22.0 Å². The molecular formula is C45H56BrN11O34P5+. The van der Waals surface area contributed by atoms with Gasteiger partial charge in [0.2, 0.25) is 0 Å². The third-order valence-electron chi connectivity index (χ3n) is 14.8. The van der Waals surface area contributed by atoms with Crippen LogP contribution in [0.15, 0.2) is 103 Å². The molecule has 0 radical (unpaired) electrons. The third kappa shape index (κ3) is 18.3. The highest BCUT2D eigenvalue weighted by molar-refractivity contribution is 9.10. The van der Waals surface area contributed by atoms with E-state index in [0.29, 0.717) is 0 Å². The molecule has 12 N–H and O–H groups in total. The van der Waals surface area contributed by atoms with E-state index in [4.69, 9.17) is 70.1 Å². The lowest BCUT2D eigenvalue weighted by atomic mass is 10.2. The Balaban J connectivity index is 0.828. The zero-order valence-corrected chi connectivity index (χ0v) is 54.5. The lowest BCUT2D eigenvalue weighted by Gasteiger charge is -2.25. The smallest absolute Gasteiger partial charge is 0.390 e. The zero-order chi connectivity index (χ0) is 69.3. The minimum absolute atomic E-state index is 0.212. The van der Waals surface area contributed by atoms with Gasteiger partial charge in [-0.1, -0.05) is 0 Å². The number of anilines is 1. The molecule has 96 heavy (non-hydrogen) atoms. The van der Waals surface area contributed by atoms with Crippen LogP contribution >= 0.6 is 55.5 Å². The fourth-order valence-electron chi connectivity index (χ4n) is 10.5. The minimum Gasteiger partial charge on any atom is -0.390 e. The molecule has 5 aliphatic rings. The van der Waals surface area contributed by atoms with Gasteiger partial charge in [0, 0.05) is 85.9 Å². The van der Waals surface area contributed by atoms with Crippen molar-refractivity contribution in [3.63, 3.8) is 0 Å². The molecule has 0 spiro atoms. The molecule has 20 atom stereocenters. The number of ether oxygens (including phenoxy) is 5. The molecular weight excluding hydrogens is 1470 g/mol. The van der Waals surface area contributed by atoms with Crippen molar-refractivity contribution in [2.45, 2.75) is 124 Å². The number of aromatic nitrogens is 10. The summed E-state index contributed by atoms with van der Waals surface area (Å²) in [6.07, 6.45) is -20.5. The molecule has 45 nitrogen and oxygen atoms in total. The zero-order valence-electron chi connectivity index (χ0n) is 48.4. The summed E-state index contributed by atoms with van der Waals surface area (Å²) >= 11 is 2.98. The van der Waals surface area contributed by atoms with E-state index in [2.05, 4.69) is 20.9 Å². The minimum atomic E-state index is -5.59. The number of phosphoric ester groups is 4. The first-order chi connectivity index (χ1) is 45.2. The number of halogens is 1. The number of phosphoric acid groups is 4. The lowest BCUT2D eigenvalue weighted by Crippen LogP contribution is -2.33. The molecule has 5 fully saturated rings. The molecule has 0 bridgehead atoms. The molecule has 0 amide bonds. The third-order valence-corrected chi connectivity index (χ3v) is 19.8. The summed E-state index contributed by atoms with van der Waals surface area (Å²) in [5.74, 6) is -0.212. The summed E-state index contributed by atoms with van der Waals surface area (Å²) in [5.41, 5.74) is -2.63. The summed E-state index contributed by atoms with van der Waals surface area (Å²) in [4.78, 5) is 177. The van der Waals surface area contributed by atoms with Crippen LogP contribution < -0.4 is 56.4 Å². The molecule has 5 unspecified atom stereocenters. The molecule has 0 aliphatic carbocycles. The first-order valence-corrected chi connectivity index (χ1v) is 35.7. The second kappa shape index (κ2) is 29.9. The largest absolute Gasteiger partial charge is 0.694 e. The lowest BCUT2D eigenvalue weighted by molar-refractivity contribution is -0.0648. The van der Waals surface area contributed by atoms with Crippen molar-refractivity contribution in [1.82, 2.24) is 47.8 Å². The number of rotatable bonds is 28. The van der Waals surface area contributed by atoms with Gasteiger partial charge in [-0.3, -0.25) is 98.1 Å². The first-order valence-electron chi connectivity index (χ1n) is 27.8. The fourth-order valence-corrected chi connectivity index (χ4v) is 14.9. The number of hydrogen-bond acceptors (Lipinski definition) is 31. The van der Waals surface area contributed by atoms with Crippen LogP contribution in [0.4, 0.5) is 5.82 Å². The number of nitrogens with two attached hydrogens (primary N) is 1. The Bertz CT molecular complexity index is 4480. The van der Waals surface area contributed by atoms with Crippen molar-refractivity contribution in [2.75, 3.05) is 38.8 Å². The van der Waals surface area contributed by atoms with Gasteiger partial charge >= 0.3 is 68.0 Å². The highest BCUT2D eigenvalue weighted by Gasteiger charge is 2.50. The van der Waals surface area contributed by atoms with E-state index >= 15 is 0 Å². The molecule has 0 saturated carbocycles. The van der Waals surface area contributed by atoms with Gasteiger partial charge in [0.25, 0.3) is 22.2 Å². The van der Waals surface area contributed by atoms with Gasteiger partial charge in [-0.15, -0.1) is 9.42 Å². The summed E-state index contributed by atoms with van der Waals surface area (Å²) in [6.45, 7) is -4.95. The predicted molar refractivity (Wildman–Crippen MR) is 313 cm³/mol. The van der Waals surface area contributed by atoms with E-state index in [1.807, 2.05) is 19.9 Å². The quantitative estimate of drug-likeness (QED) is 0.0226. The van der Waals surface area contributed by atoms with Crippen LogP contribution in [0.3, 0.4) is 0 Å². The van der Waals surface area contributed by atoms with Crippen molar-refractivity contribution >= 4 is 61.3 Å². The van der Waals surface area contributed by atoms with Crippen LogP contribution in [0.25, 0.3) is 0 Å². The van der Waals surface area contributed by atoms with Crippen LogP contribution in [-0.2, 0) is 87.2 Å². The number of hydrogen-bond donors (Lipinski definition) is 11. The van der Waals surface area contributed by atoms with E-state index in [1.165, 1.54) is 6.07 Å². The Hall–Kier alpha value is -5.90. The van der Waals surface area contributed by atoms with Crippen molar-refractivity contribution in [3.05, 3.63) is 154 Å². The Morgan fingerprint density at radius 3 is 1.20 bits per heavy atom. The molecule has 10 heterocycles.